The van der Waals surface area contributed by atoms with Gasteiger partial charge in [0, 0.05) is 18.4 Å². The van der Waals surface area contributed by atoms with Crippen molar-refractivity contribution in [3.05, 3.63) is 46.5 Å². The summed E-state index contributed by atoms with van der Waals surface area (Å²) in [5.74, 6) is 3.66. The summed E-state index contributed by atoms with van der Waals surface area (Å²) in [6.07, 6.45) is 2.12. The molecule has 1 N–H and O–H groups in total. The van der Waals surface area contributed by atoms with Crippen LogP contribution >= 0.6 is 0 Å². The summed E-state index contributed by atoms with van der Waals surface area (Å²) < 4.78 is 22.4. The van der Waals surface area contributed by atoms with Gasteiger partial charge in [-0.1, -0.05) is 6.07 Å². The van der Waals surface area contributed by atoms with E-state index in [2.05, 4.69) is 24.3 Å². The normalized spacial score (nSPS) is 25.0. The maximum absolute atomic E-state index is 5.73. The number of ether oxygens (including phenoxy) is 4. The highest BCUT2D eigenvalue weighted by atomic mass is 16.7. The number of benzene rings is 2. The van der Waals surface area contributed by atoms with Gasteiger partial charge in [-0.3, -0.25) is 0 Å². The van der Waals surface area contributed by atoms with Gasteiger partial charge in [-0.25, -0.2) is 0 Å². The molecule has 2 aromatic rings. The van der Waals surface area contributed by atoms with Crippen LogP contribution in [0.3, 0.4) is 0 Å². The fourth-order valence-electron chi connectivity index (χ4n) is 4.60. The maximum Gasteiger partial charge on any atom is 0.231 e. The lowest BCUT2D eigenvalue weighted by atomic mass is 9.83. The lowest BCUT2D eigenvalue weighted by Gasteiger charge is -2.38. The number of quaternary nitrogens is 1. The van der Waals surface area contributed by atoms with Gasteiger partial charge in [-0.2, -0.15) is 0 Å². The van der Waals surface area contributed by atoms with Gasteiger partial charge in [0.15, 0.2) is 23.0 Å². The minimum Gasteiger partial charge on any atom is -0.454 e. The molecule has 24 heavy (non-hydrogen) atoms. The van der Waals surface area contributed by atoms with E-state index in [0.717, 1.165) is 48.9 Å². The molecule has 0 spiro atoms. The molecule has 4 aliphatic rings. The molecule has 6 rings (SSSR count). The first-order valence-corrected chi connectivity index (χ1v) is 8.54. The number of rotatable bonds is 0. The highest BCUT2D eigenvalue weighted by Crippen LogP contribution is 2.42. The molecule has 0 bridgehead atoms. The van der Waals surface area contributed by atoms with E-state index in [4.69, 9.17) is 18.9 Å². The summed E-state index contributed by atoms with van der Waals surface area (Å²) >= 11 is 0. The van der Waals surface area contributed by atoms with E-state index in [-0.39, 0.29) is 0 Å². The molecule has 5 nitrogen and oxygen atoms in total. The zero-order valence-corrected chi connectivity index (χ0v) is 13.3. The third kappa shape index (κ3) is 1.68. The maximum atomic E-state index is 5.73. The van der Waals surface area contributed by atoms with Crippen LogP contribution < -0.4 is 23.8 Å². The van der Waals surface area contributed by atoms with Crippen molar-refractivity contribution in [2.24, 2.45) is 0 Å². The summed E-state index contributed by atoms with van der Waals surface area (Å²) in [5, 5.41) is 0. The molecular formula is C19H18NO4+. The number of hydrogen-bond acceptors (Lipinski definition) is 4. The molecule has 4 heterocycles. The Kier molecular flexibility index (Phi) is 2.47. The lowest BCUT2D eigenvalue weighted by Crippen LogP contribution is -3.13. The van der Waals surface area contributed by atoms with Crippen LogP contribution in [-0.4, -0.2) is 20.1 Å². The SMILES string of the molecule is c1cc2c(c3c1CC1c4cc5c(cc4CC[NH+]1C3)OCO5)OCO2. The highest BCUT2D eigenvalue weighted by Gasteiger charge is 2.39. The van der Waals surface area contributed by atoms with E-state index in [1.165, 1.54) is 22.3 Å². The molecule has 0 radical (unpaired) electrons. The van der Waals surface area contributed by atoms with Crippen molar-refractivity contribution in [1.82, 2.24) is 0 Å². The van der Waals surface area contributed by atoms with Crippen LogP contribution in [0.4, 0.5) is 0 Å². The number of fused-ring (bicyclic) bond motifs is 7. The van der Waals surface area contributed by atoms with Crippen LogP contribution in [0, 0.1) is 0 Å². The van der Waals surface area contributed by atoms with Crippen LogP contribution in [-0.2, 0) is 19.4 Å². The molecule has 0 aliphatic carbocycles. The van der Waals surface area contributed by atoms with E-state index in [0.29, 0.717) is 19.6 Å². The molecule has 2 unspecified atom stereocenters. The fourth-order valence-corrected chi connectivity index (χ4v) is 4.60. The third-order valence-corrected chi connectivity index (χ3v) is 5.79. The second kappa shape index (κ2) is 4.57. The van der Waals surface area contributed by atoms with Crippen LogP contribution in [0.25, 0.3) is 0 Å². The average molecular weight is 324 g/mol. The Balaban J connectivity index is 1.45. The van der Waals surface area contributed by atoms with Gasteiger partial charge < -0.3 is 23.8 Å². The Labute approximate surface area is 139 Å². The highest BCUT2D eigenvalue weighted by molar-refractivity contribution is 5.54. The van der Waals surface area contributed by atoms with Crippen LogP contribution in [0.15, 0.2) is 24.3 Å². The molecule has 0 aromatic heterocycles. The Morgan fingerprint density at radius 2 is 1.71 bits per heavy atom. The molecule has 5 heteroatoms. The first kappa shape index (κ1) is 13.0. The monoisotopic (exact) mass is 324 g/mol. The predicted octanol–water partition coefficient (Wildman–Crippen LogP) is 1.38. The van der Waals surface area contributed by atoms with Gasteiger partial charge in [0.25, 0.3) is 0 Å². The van der Waals surface area contributed by atoms with E-state index in [1.807, 2.05) is 0 Å². The number of hydrogen-bond donors (Lipinski definition) is 1. The lowest BCUT2D eigenvalue weighted by molar-refractivity contribution is -0.949. The van der Waals surface area contributed by atoms with Gasteiger partial charge in [-0.05, 0) is 29.3 Å². The van der Waals surface area contributed by atoms with Crippen molar-refractivity contribution in [3.8, 4) is 23.0 Å². The Morgan fingerprint density at radius 3 is 2.67 bits per heavy atom. The zero-order valence-electron chi connectivity index (χ0n) is 13.3. The van der Waals surface area contributed by atoms with Gasteiger partial charge in [-0.15, -0.1) is 0 Å². The van der Waals surface area contributed by atoms with Gasteiger partial charge >= 0.3 is 0 Å². The Hall–Kier alpha value is -2.40. The molecule has 4 aliphatic heterocycles. The summed E-state index contributed by atoms with van der Waals surface area (Å²) in [7, 11) is 0. The standard InChI is InChI=1S/C19H17NO4/c1-2-16-19(24-10-21-16)14-8-20-4-3-12-6-17-18(23-9-22-17)7-13(12)15(20)5-11(1)14/h1-2,6-7,15H,3-5,8-10H2/p+1. The van der Waals surface area contributed by atoms with E-state index >= 15 is 0 Å². The van der Waals surface area contributed by atoms with E-state index in [9.17, 15) is 0 Å². The van der Waals surface area contributed by atoms with Crippen molar-refractivity contribution in [2.75, 3.05) is 20.1 Å². The third-order valence-electron chi connectivity index (χ3n) is 5.79. The molecule has 0 saturated heterocycles. The Morgan fingerprint density at radius 1 is 0.875 bits per heavy atom. The van der Waals surface area contributed by atoms with E-state index in [1.54, 1.807) is 4.90 Å². The van der Waals surface area contributed by atoms with Gasteiger partial charge in [0.1, 0.15) is 12.6 Å². The molecule has 0 amide bonds. The van der Waals surface area contributed by atoms with Crippen LogP contribution in [0.1, 0.15) is 28.3 Å². The van der Waals surface area contributed by atoms with Gasteiger partial charge in [0.2, 0.25) is 13.6 Å². The topological polar surface area (TPSA) is 41.4 Å². The molecule has 2 aromatic carbocycles. The van der Waals surface area contributed by atoms with Crippen LogP contribution in [0.2, 0.25) is 0 Å². The summed E-state index contributed by atoms with van der Waals surface area (Å²) in [6.45, 7) is 2.82. The average Bonchev–Trinajstić information content (AvgIpc) is 3.26. The second-order valence-corrected chi connectivity index (χ2v) is 6.93. The number of nitrogens with one attached hydrogen (secondary N) is 1. The zero-order chi connectivity index (χ0) is 15.7. The van der Waals surface area contributed by atoms with Crippen molar-refractivity contribution in [2.45, 2.75) is 25.4 Å². The first-order chi connectivity index (χ1) is 11.9. The van der Waals surface area contributed by atoms with Gasteiger partial charge in [0.05, 0.1) is 12.1 Å². The second-order valence-electron chi connectivity index (χ2n) is 6.93. The quantitative estimate of drug-likeness (QED) is 0.795. The molecule has 122 valence electrons. The molecule has 0 fully saturated rings. The largest absolute Gasteiger partial charge is 0.454 e. The minimum atomic E-state index is 0.339. The van der Waals surface area contributed by atoms with E-state index < -0.39 is 0 Å². The Bertz CT molecular complexity index is 863. The molecule has 0 saturated carbocycles. The van der Waals surface area contributed by atoms with Crippen molar-refractivity contribution < 1.29 is 23.8 Å². The summed E-state index contributed by atoms with van der Waals surface area (Å²) in [4.78, 5) is 1.61. The van der Waals surface area contributed by atoms with Crippen molar-refractivity contribution in [3.63, 3.8) is 0 Å². The van der Waals surface area contributed by atoms with Crippen molar-refractivity contribution in [1.29, 1.82) is 0 Å². The minimum absolute atomic E-state index is 0.339. The fraction of sp³-hybridized carbons (Fsp3) is 0.368. The van der Waals surface area contributed by atoms with Crippen LogP contribution in [0.5, 0.6) is 23.0 Å². The first-order valence-electron chi connectivity index (χ1n) is 8.54. The summed E-state index contributed by atoms with van der Waals surface area (Å²) in [5.41, 5.74) is 5.56. The van der Waals surface area contributed by atoms with Crippen molar-refractivity contribution >= 4 is 0 Å². The molecule has 2 atom stereocenters. The molecular weight excluding hydrogens is 306 g/mol. The smallest absolute Gasteiger partial charge is 0.231 e. The summed E-state index contributed by atoms with van der Waals surface area (Å²) in [6, 6.07) is 9.13. The predicted molar refractivity (Wildman–Crippen MR) is 84.8 cm³/mol.